The van der Waals surface area contributed by atoms with E-state index in [1.54, 1.807) is 0 Å². The fourth-order valence-electron chi connectivity index (χ4n) is 2.65. The Balaban J connectivity index is 3.51. The molecule has 196 valence electrons. The molecule has 0 saturated heterocycles. The minimum Gasteiger partial charge on any atom is -0.348 e. The lowest BCUT2D eigenvalue weighted by molar-refractivity contribution is -0.459. The minimum atomic E-state index is -8.70. The average Bonchev–Trinajstić information content (AvgIpc) is 3.12. The zero-order valence-corrected chi connectivity index (χ0v) is 15.2. The van der Waals surface area contributed by atoms with Crippen LogP contribution in [0.2, 0.25) is 0 Å². The van der Waals surface area contributed by atoms with Crippen molar-refractivity contribution in [1.82, 2.24) is 5.32 Å². The van der Waals surface area contributed by atoms with Crippen LogP contribution in [0.4, 0.5) is 74.6 Å². The first-order valence-corrected chi connectivity index (χ1v) is 8.27. The molecule has 1 aliphatic rings. The average molecular weight is 531 g/mol. The van der Waals surface area contributed by atoms with Crippen LogP contribution in [0.25, 0.3) is 0 Å². The fraction of sp³-hybridized carbons (Fsp3) is 0.929. The van der Waals surface area contributed by atoms with Gasteiger partial charge in [0.05, 0.1) is 0 Å². The number of nitrogens with one attached hydrogen (secondary N) is 1. The number of hydrogen-bond donors (Lipinski definition) is 1. The second-order valence-corrected chi connectivity index (χ2v) is 6.97. The summed E-state index contributed by atoms with van der Waals surface area (Å²) in [6.07, 6.45) is -7.82. The monoisotopic (exact) mass is 531 g/mol. The number of carbonyl (C=O) groups is 1. The van der Waals surface area contributed by atoms with Crippen LogP contribution in [0.1, 0.15) is 25.7 Å². The molecule has 1 amide bonds. The Morgan fingerprint density at radius 1 is 0.515 bits per heavy atom. The summed E-state index contributed by atoms with van der Waals surface area (Å²) in [7, 11) is 0. The highest BCUT2D eigenvalue weighted by molar-refractivity contribution is 5.85. The molecule has 0 unspecified atom stereocenters. The van der Waals surface area contributed by atoms with Gasteiger partial charge in [-0.3, -0.25) is 4.79 Å². The number of amides is 1. The van der Waals surface area contributed by atoms with Gasteiger partial charge in [0.1, 0.15) is 0 Å². The second-order valence-electron chi connectivity index (χ2n) is 6.97. The van der Waals surface area contributed by atoms with Crippen molar-refractivity contribution in [1.29, 1.82) is 0 Å². The lowest BCUT2D eigenvalue weighted by Crippen LogP contribution is -2.75. The van der Waals surface area contributed by atoms with Crippen molar-refractivity contribution in [3.8, 4) is 0 Å². The largest absolute Gasteiger partial charge is 0.460 e. The molecule has 1 rings (SSSR count). The third kappa shape index (κ3) is 3.95. The number of hydrogen-bond acceptors (Lipinski definition) is 1. The highest BCUT2D eigenvalue weighted by atomic mass is 19.4. The Bertz CT molecular complexity index is 734. The second kappa shape index (κ2) is 7.91. The highest BCUT2D eigenvalue weighted by Crippen LogP contribution is 2.63. The summed E-state index contributed by atoms with van der Waals surface area (Å²) in [5.41, 5.74) is 0. The Morgan fingerprint density at radius 3 is 1.15 bits per heavy atom. The van der Waals surface area contributed by atoms with Crippen molar-refractivity contribution in [2.24, 2.45) is 0 Å². The van der Waals surface area contributed by atoms with Crippen LogP contribution in [0, 0.1) is 0 Å². The smallest absolute Gasteiger partial charge is 0.348 e. The maximum Gasteiger partial charge on any atom is 0.460 e. The molecule has 0 radical (unpaired) electrons. The number of alkyl halides is 17. The molecule has 2 nitrogen and oxygen atoms in total. The van der Waals surface area contributed by atoms with E-state index in [0.29, 0.717) is 0 Å². The lowest BCUT2D eigenvalue weighted by Gasteiger charge is -2.42. The molecule has 1 saturated carbocycles. The van der Waals surface area contributed by atoms with Crippen molar-refractivity contribution in [3.63, 3.8) is 0 Å². The molecule has 33 heavy (non-hydrogen) atoms. The van der Waals surface area contributed by atoms with Gasteiger partial charge in [-0.25, -0.2) is 0 Å². The van der Waals surface area contributed by atoms with Gasteiger partial charge in [0.2, 0.25) is 0 Å². The van der Waals surface area contributed by atoms with Crippen LogP contribution in [0.5, 0.6) is 0 Å². The fourth-order valence-corrected chi connectivity index (χ4v) is 2.65. The van der Waals surface area contributed by atoms with E-state index in [0.717, 1.165) is 5.32 Å². The molecule has 0 aromatic carbocycles. The summed E-state index contributed by atoms with van der Waals surface area (Å²) in [5.74, 6) is -61.1. The summed E-state index contributed by atoms with van der Waals surface area (Å²) in [6.45, 7) is 0. The zero-order valence-electron chi connectivity index (χ0n) is 15.2. The quantitative estimate of drug-likeness (QED) is 0.380. The molecular formula is C14H10F17NO. The number of carbonyl (C=O) groups excluding carboxylic acids is 1. The van der Waals surface area contributed by atoms with E-state index in [9.17, 15) is 79.4 Å². The van der Waals surface area contributed by atoms with Gasteiger partial charge in [0, 0.05) is 6.04 Å². The maximum atomic E-state index is 13.6. The Kier molecular flexibility index (Phi) is 7.03. The summed E-state index contributed by atoms with van der Waals surface area (Å²) in [5, 5.41) is 1.01. The number of rotatable bonds is 8. The lowest BCUT2D eigenvalue weighted by atomic mass is 9.88. The van der Waals surface area contributed by atoms with E-state index in [4.69, 9.17) is 0 Å². The molecule has 0 spiro atoms. The molecule has 19 heteroatoms. The van der Waals surface area contributed by atoms with Crippen molar-refractivity contribution < 1.29 is 79.4 Å². The van der Waals surface area contributed by atoms with Gasteiger partial charge >= 0.3 is 47.6 Å². The van der Waals surface area contributed by atoms with Crippen molar-refractivity contribution >= 4 is 5.91 Å². The third-order valence-corrected chi connectivity index (χ3v) is 4.70. The summed E-state index contributed by atoms with van der Waals surface area (Å²) < 4.78 is 223. The summed E-state index contributed by atoms with van der Waals surface area (Å²) >= 11 is 0. The van der Waals surface area contributed by atoms with Crippen molar-refractivity contribution in [2.75, 3.05) is 0 Å². The normalized spacial score (nSPS) is 18.6. The molecule has 0 aromatic rings. The van der Waals surface area contributed by atoms with Crippen molar-refractivity contribution in [3.05, 3.63) is 0 Å². The van der Waals surface area contributed by atoms with Crippen LogP contribution in [0.3, 0.4) is 0 Å². The topological polar surface area (TPSA) is 29.1 Å². The zero-order chi connectivity index (χ0) is 26.7. The first kappa shape index (κ1) is 29.3. The third-order valence-electron chi connectivity index (χ3n) is 4.70. The maximum absolute atomic E-state index is 13.6. The Morgan fingerprint density at radius 2 is 0.818 bits per heavy atom. The van der Waals surface area contributed by atoms with E-state index in [1.807, 2.05) is 0 Å². The molecule has 0 aromatic heterocycles. The first-order chi connectivity index (χ1) is 14.2. The van der Waals surface area contributed by atoms with Crippen LogP contribution in [-0.4, -0.2) is 59.6 Å². The summed E-state index contributed by atoms with van der Waals surface area (Å²) in [6, 6.07) is -1.38. The summed E-state index contributed by atoms with van der Waals surface area (Å²) in [4.78, 5) is 11.3. The van der Waals surface area contributed by atoms with E-state index in [2.05, 4.69) is 0 Å². The highest BCUT2D eigenvalue weighted by Gasteiger charge is 2.95. The standard InChI is InChI=1S/C14H10F17NO/c15-7(16,6(33)32-5-3-1-2-4-5)8(17,18)9(19,20)10(21,22)11(23,24)12(25,26)13(27,28)14(29,30)31/h5H,1-4H2,(H,32,33). The Hall–Kier alpha value is -1.72. The molecule has 1 aliphatic carbocycles. The molecule has 0 heterocycles. The first-order valence-electron chi connectivity index (χ1n) is 8.27. The van der Waals surface area contributed by atoms with E-state index < -0.39 is 59.6 Å². The molecule has 1 N–H and O–H groups in total. The SMILES string of the molecule is O=C(NC1CCCC1)C(F)(F)C(F)(F)C(F)(F)C(F)(F)C(F)(F)C(F)(F)C(F)(F)C(F)(F)F. The predicted octanol–water partition coefficient (Wildman–Crippen LogP) is 6.05. The van der Waals surface area contributed by atoms with Crippen LogP contribution in [0.15, 0.2) is 0 Å². The van der Waals surface area contributed by atoms with Gasteiger partial charge in [-0.15, -0.1) is 0 Å². The molecule has 1 fully saturated rings. The molecule has 0 aliphatic heterocycles. The number of halogens is 17. The van der Waals surface area contributed by atoms with Crippen LogP contribution >= 0.6 is 0 Å². The van der Waals surface area contributed by atoms with Gasteiger partial charge < -0.3 is 5.32 Å². The minimum absolute atomic E-state index is 0.190. The van der Waals surface area contributed by atoms with E-state index in [-0.39, 0.29) is 25.7 Å². The van der Waals surface area contributed by atoms with Crippen molar-refractivity contribution in [2.45, 2.75) is 79.4 Å². The van der Waals surface area contributed by atoms with Gasteiger partial charge in [0.25, 0.3) is 5.91 Å². The van der Waals surface area contributed by atoms with E-state index in [1.165, 1.54) is 0 Å². The molecule has 0 bridgehead atoms. The van der Waals surface area contributed by atoms with E-state index >= 15 is 0 Å². The van der Waals surface area contributed by atoms with Gasteiger partial charge in [-0.1, -0.05) is 12.8 Å². The molecular weight excluding hydrogens is 521 g/mol. The molecule has 0 atom stereocenters. The van der Waals surface area contributed by atoms with Gasteiger partial charge in [0.15, 0.2) is 0 Å². The van der Waals surface area contributed by atoms with Crippen LogP contribution in [-0.2, 0) is 4.79 Å². The van der Waals surface area contributed by atoms with Gasteiger partial charge in [-0.05, 0) is 12.8 Å². The van der Waals surface area contributed by atoms with Crippen LogP contribution < -0.4 is 5.32 Å². The Labute approximate surface area is 171 Å². The van der Waals surface area contributed by atoms with Gasteiger partial charge in [-0.2, -0.15) is 74.6 Å². The predicted molar refractivity (Wildman–Crippen MR) is 71.1 cm³/mol.